The van der Waals surface area contributed by atoms with Crippen LogP contribution in [0.25, 0.3) is 0 Å². The van der Waals surface area contributed by atoms with Crippen LogP contribution >= 0.6 is 11.6 Å². The Hall–Kier alpha value is -2.20. The molecule has 1 fully saturated rings. The first kappa shape index (κ1) is 18.6. The maximum atomic E-state index is 12.4. The molecule has 0 saturated carbocycles. The number of anilines is 1. The number of ether oxygens (including phenoxy) is 1. The van der Waals surface area contributed by atoms with E-state index in [0.717, 1.165) is 29.5 Å². The summed E-state index contributed by atoms with van der Waals surface area (Å²) in [6.45, 7) is 7.36. The van der Waals surface area contributed by atoms with E-state index in [9.17, 15) is 4.79 Å². The van der Waals surface area contributed by atoms with Crippen LogP contribution in [-0.2, 0) is 4.79 Å². The van der Waals surface area contributed by atoms with Gasteiger partial charge in [0.2, 0.25) is 0 Å². The third-order valence-corrected chi connectivity index (χ3v) is 4.93. The minimum Gasteiger partial charge on any atom is -0.484 e. The van der Waals surface area contributed by atoms with Gasteiger partial charge in [0.25, 0.3) is 5.91 Å². The second-order valence-corrected chi connectivity index (χ2v) is 7.30. The first-order valence-corrected chi connectivity index (χ1v) is 9.42. The Balaban J connectivity index is 1.50. The predicted octanol–water partition coefficient (Wildman–Crippen LogP) is 4.19. The number of carbonyl (C=O) groups is 1. The van der Waals surface area contributed by atoms with Crippen LogP contribution in [0, 0.1) is 0 Å². The number of amides is 1. The molecule has 0 radical (unpaired) electrons. The Morgan fingerprint density at radius 1 is 1.08 bits per heavy atom. The van der Waals surface area contributed by atoms with Crippen molar-refractivity contribution >= 4 is 23.2 Å². The summed E-state index contributed by atoms with van der Waals surface area (Å²) < 4.78 is 5.72. The summed E-state index contributed by atoms with van der Waals surface area (Å²) in [5, 5.41) is 0.734. The maximum Gasteiger partial charge on any atom is 0.260 e. The van der Waals surface area contributed by atoms with Crippen LogP contribution in [0.5, 0.6) is 5.75 Å². The van der Waals surface area contributed by atoms with Crippen LogP contribution in [-0.4, -0.2) is 43.6 Å². The molecule has 0 N–H and O–H groups in total. The quantitative estimate of drug-likeness (QED) is 0.788. The van der Waals surface area contributed by atoms with E-state index in [4.69, 9.17) is 16.3 Å². The number of hydrogen-bond acceptors (Lipinski definition) is 3. The van der Waals surface area contributed by atoms with E-state index >= 15 is 0 Å². The van der Waals surface area contributed by atoms with E-state index in [1.54, 1.807) is 0 Å². The van der Waals surface area contributed by atoms with Gasteiger partial charge in [-0.3, -0.25) is 4.79 Å². The molecule has 0 aromatic heterocycles. The fourth-order valence-corrected chi connectivity index (χ4v) is 3.27. The van der Waals surface area contributed by atoms with Crippen LogP contribution in [0.3, 0.4) is 0 Å². The first-order chi connectivity index (χ1) is 12.5. The van der Waals surface area contributed by atoms with Crippen LogP contribution < -0.4 is 9.64 Å². The van der Waals surface area contributed by atoms with Gasteiger partial charge in [0, 0.05) is 36.9 Å². The summed E-state index contributed by atoms with van der Waals surface area (Å²) in [5.74, 6) is 1.22. The van der Waals surface area contributed by atoms with E-state index in [1.807, 2.05) is 47.4 Å². The van der Waals surface area contributed by atoms with Crippen LogP contribution in [0.2, 0.25) is 5.02 Å². The SMILES string of the molecule is CC(C)c1cccc(OCC(=O)N2CCN(c3cccc(Cl)c3)CC2)c1. The lowest BCUT2D eigenvalue weighted by atomic mass is 10.0. The largest absolute Gasteiger partial charge is 0.484 e. The molecule has 0 atom stereocenters. The molecule has 2 aromatic carbocycles. The third kappa shape index (κ3) is 4.70. The van der Waals surface area contributed by atoms with Crippen molar-refractivity contribution in [2.24, 2.45) is 0 Å². The van der Waals surface area contributed by atoms with Gasteiger partial charge in [-0.15, -0.1) is 0 Å². The summed E-state index contributed by atoms with van der Waals surface area (Å²) in [6, 6.07) is 15.8. The number of halogens is 1. The molecule has 0 aliphatic carbocycles. The van der Waals surface area contributed by atoms with Gasteiger partial charge in [0.15, 0.2) is 6.61 Å². The minimum atomic E-state index is 0.0331. The smallest absolute Gasteiger partial charge is 0.260 e. The number of benzene rings is 2. The normalized spacial score (nSPS) is 14.6. The number of nitrogens with zero attached hydrogens (tertiary/aromatic N) is 2. The first-order valence-electron chi connectivity index (χ1n) is 9.04. The van der Waals surface area contributed by atoms with Gasteiger partial charge in [0.05, 0.1) is 0 Å². The Kier molecular flexibility index (Phi) is 6.04. The third-order valence-electron chi connectivity index (χ3n) is 4.69. The van der Waals surface area contributed by atoms with E-state index in [-0.39, 0.29) is 12.5 Å². The topological polar surface area (TPSA) is 32.8 Å². The zero-order valence-corrected chi connectivity index (χ0v) is 16.1. The molecular formula is C21H25ClN2O2. The lowest BCUT2D eigenvalue weighted by molar-refractivity contribution is -0.133. The highest BCUT2D eigenvalue weighted by atomic mass is 35.5. The molecule has 2 aromatic rings. The lowest BCUT2D eigenvalue weighted by Gasteiger charge is -2.36. The second-order valence-electron chi connectivity index (χ2n) is 6.86. The van der Waals surface area contributed by atoms with Gasteiger partial charge in [-0.25, -0.2) is 0 Å². The molecule has 26 heavy (non-hydrogen) atoms. The van der Waals surface area contributed by atoms with Gasteiger partial charge in [-0.2, -0.15) is 0 Å². The molecule has 1 aliphatic heterocycles. The number of piperazine rings is 1. The summed E-state index contributed by atoms with van der Waals surface area (Å²) in [4.78, 5) is 16.6. The minimum absolute atomic E-state index is 0.0331. The molecule has 1 amide bonds. The standard InChI is InChI=1S/C21H25ClN2O2/c1-16(2)17-5-3-8-20(13-17)26-15-21(25)24-11-9-23(10-12-24)19-7-4-6-18(22)14-19/h3-8,13-14,16H,9-12,15H2,1-2H3. The van der Waals surface area contributed by atoms with E-state index < -0.39 is 0 Å². The fourth-order valence-electron chi connectivity index (χ4n) is 3.09. The molecule has 4 nitrogen and oxygen atoms in total. The van der Waals surface area contributed by atoms with Crippen molar-refractivity contribution in [3.63, 3.8) is 0 Å². The molecule has 0 bridgehead atoms. The average Bonchev–Trinajstić information content (AvgIpc) is 2.66. The van der Waals surface area contributed by atoms with Crippen molar-refractivity contribution in [2.75, 3.05) is 37.7 Å². The van der Waals surface area contributed by atoms with E-state index in [0.29, 0.717) is 19.0 Å². The number of hydrogen-bond donors (Lipinski definition) is 0. The molecule has 0 unspecified atom stereocenters. The summed E-state index contributed by atoms with van der Waals surface area (Å²) >= 11 is 6.07. The van der Waals surface area contributed by atoms with Crippen molar-refractivity contribution in [1.29, 1.82) is 0 Å². The molecule has 3 rings (SSSR count). The highest BCUT2D eigenvalue weighted by molar-refractivity contribution is 6.30. The van der Waals surface area contributed by atoms with E-state index in [2.05, 4.69) is 24.8 Å². The van der Waals surface area contributed by atoms with Crippen molar-refractivity contribution in [3.05, 3.63) is 59.1 Å². The fraction of sp³-hybridized carbons (Fsp3) is 0.381. The summed E-state index contributed by atoms with van der Waals surface area (Å²) in [6.07, 6.45) is 0. The summed E-state index contributed by atoms with van der Waals surface area (Å²) in [5.41, 5.74) is 2.32. The van der Waals surface area contributed by atoms with Crippen molar-refractivity contribution < 1.29 is 9.53 Å². The maximum absolute atomic E-state index is 12.4. The Bertz CT molecular complexity index is 755. The van der Waals surface area contributed by atoms with Gasteiger partial charge >= 0.3 is 0 Å². The summed E-state index contributed by atoms with van der Waals surface area (Å²) in [7, 11) is 0. The van der Waals surface area contributed by atoms with Crippen LogP contribution in [0.15, 0.2) is 48.5 Å². The van der Waals surface area contributed by atoms with Crippen LogP contribution in [0.1, 0.15) is 25.3 Å². The zero-order valence-electron chi connectivity index (χ0n) is 15.3. The Morgan fingerprint density at radius 3 is 2.50 bits per heavy atom. The van der Waals surface area contributed by atoms with Crippen molar-refractivity contribution in [3.8, 4) is 5.75 Å². The highest BCUT2D eigenvalue weighted by Crippen LogP contribution is 2.22. The Morgan fingerprint density at radius 2 is 1.81 bits per heavy atom. The van der Waals surface area contributed by atoms with Gasteiger partial charge in [-0.05, 0) is 41.8 Å². The lowest BCUT2D eigenvalue weighted by Crippen LogP contribution is -2.50. The molecule has 5 heteroatoms. The van der Waals surface area contributed by atoms with Crippen LogP contribution in [0.4, 0.5) is 5.69 Å². The molecular weight excluding hydrogens is 348 g/mol. The van der Waals surface area contributed by atoms with Crippen molar-refractivity contribution in [2.45, 2.75) is 19.8 Å². The predicted molar refractivity (Wildman–Crippen MR) is 106 cm³/mol. The van der Waals surface area contributed by atoms with Gasteiger partial charge < -0.3 is 14.5 Å². The molecule has 0 spiro atoms. The monoisotopic (exact) mass is 372 g/mol. The number of carbonyl (C=O) groups excluding carboxylic acids is 1. The second kappa shape index (κ2) is 8.45. The molecule has 1 saturated heterocycles. The van der Waals surface area contributed by atoms with Crippen molar-refractivity contribution in [1.82, 2.24) is 4.90 Å². The molecule has 138 valence electrons. The van der Waals surface area contributed by atoms with Gasteiger partial charge in [-0.1, -0.05) is 43.6 Å². The highest BCUT2D eigenvalue weighted by Gasteiger charge is 2.21. The van der Waals surface area contributed by atoms with E-state index in [1.165, 1.54) is 5.56 Å². The zero-order chi connectivity index (χ0) is 18.5. The Labute approximate surface area is 160 Å². The number of rotatable bonds is 5. The van der Waals surface area contributed by atoms with Gasteiger partial charge in [0.1, 0.15) is 5.75 Å². The molecule has 1 aliphatic rings. The molecule has 1 heterocycles. The average molecular weight is 373 g/mol.